The van der Waals surface area contributed by atoms with Crippen molar-refractivity contribution < 1.29 is 28.8 Å². The maximum Gasteiger partial charge on any atom is 0.317 e. The molecule has 0 saturated heterocycles. The van der Waals surface area contributed by atoms with Gasteiger partial charge in [-0.3, -0.25) is 4.79 Å². The second kappa shape index (κ2) is 10.0. The first-order valence-electron chi connectivity index (χ1n) is 10.1. The molecule has 0 aromatic heterocycles. The standard InChI is InChI=1S/C25H24FNO5/c1-16-11-21(27(30)31-3)12-17(2)25(16)20-6-4-5-18(13-20)15-32-22-9-7-19(23(26)14-22)8-10-24(28)29/h4-7,9,11-14H,8,10,15H2,1-3H3/p+1. The van der Waals surface area contributed by atoms with E-state index in [9.17, 15) is 14.1 Å². The van der Waals surface area contributed by atoms with Crippen molar-refractivity contribution >= 4 is 11.7 Å². The van der Waals surface area contributed by atoms with Crippen LogP contribution < -0.4 is 4.74 Å². The van der Waals surface area contributed by atoms with E-state index in [1.807, 2.05) is 38.1 Å². The van der Waals surface area contributed by atoms with Crippen LogP contribution in [0.25, 0.3) is 11.1 Å². The normalized spacial score (nSPS) is 10.6. The van der Waals surface area contributed by atoms with Gasteiger partial charge in [0.15, 0.2) is 7.11 Å². The fourth-order valence-corrected chi connectivity index (χ4v) is 3.65. The molecular formula is C25H25FNO5+. The summed E-state index contributed by atoms with van der Waals surface area (Å²) >= 11 is 0. The fourth-order valence-electron chi connectivity index (χ4n) is 3.65. The van der Waals surface area contributed by atoms with Crippen molar-refractivity contribution in [2.45, 2.75) is 33.3 Å². The maximum absolute atomic E-state index is 14.2. The number of hydrogen-bond donors (Lipinski definition) is 1. The van der Waals surface area contributed by atoms with E-state index in [-0.39, 0.29) is 19.4 Å². The van der Waals surface area contributed by atoms with Crippen LogP contribution in [-0.4, -0.2) is 23.1 Å². The highest BCUT2D eigenvalue weighted by Crippen LogP contribution is 2.31. The quantitative estimate of drug-likeness (QED) is 0.435. The maximum atomic E-state index is 14.2. The minimum Gasteiger partial charge on any atom is -0.489 e. The summed E-state index contributed by atoms with van der Waals surface area (Å²) in [7, 11) is 1.32. The Bertz CT molecular complexity index is 1140. The third kappa shape index (κ3) is 5.49. The molecule has 6 nitrogen and oxygen atoms in total. The molecule has 0 aliphatic carbocycles. The van der Waals surface area contributed by atoms with Crippen LogP contribution in [0.2, 0.25) is 0 Å². The number of aryl methyl sites for hydroxylation is 3. The van der Waals surface area contributed by atoms with Crippen molar-refractivity contribution in [3.8, 4) is 16.9 Å². The third-order valence-corrected chi connectivity index (χ3v) is 5.15. The van der Waals surface area contributed by atoms with Crippen LogP contribution in [-0.2, 0) is 22.7 Å². The van der Waals surface area contributed by atoms with Crippen molar-refractivity contribution in [3.05, 3.63) is 87.6 Å². The number of carboxylic acids is 1. The first-order chi connectivity index (χ1) is 15.3. The van der Waals surface area contributed by atoms with Gasteiger partial charge in [0.2, 0.25) is 0 Å². The molecule has 0 radical (unpaired) electrons. The number of ether oxygens (including phenoxy) is 1. The summed E-state index contributed by atoms with van der Waals surface area (Å²) in [6.07, 6.45) is 0.0114. The molecule has 0 bridgehead atoms. The molecule has 0 unspecified atom stereocenters. The second-order valence-electron chi connectivity index (χ2n) is 7.53. The Morgan fingerprint density at radius 1 is 1.06 bits per heavy atom. The van der Waals surface area contributed by atoms with Gasteiger partial charge in [-0.2, -0.15) is 0 Å². The molecule has 0 fully saturated rings. The summed E-state index contributed by atoms with van der Waals surface area (Å²) in [6, 6.07) is 15.8. The van der Waals surface area contributed by atoms with Crippen molar-refractivity contribution in [2.24, 2.45) is 0 Å². The Morgan fingerprint density at radius 3 is 2.41 bits per heavy atom. The predicted molar refractivity (Wildman–Crippen MR) is 118 cm³/mol. The van der Waals surface area contributed by atoms with E-state index in [0.717, 1.165) is 27.8 Å². The van der Waals surface area contributed by atoms with Crippen LogP contribution in [0.5, 0.6) is 5.75 Å². The van der Waals surface area contributed by atoms with E-state index in [1.165, 1.54) is 13.2 Å². The lowest BCUT2D eigenvalue weighted by molar-refractivity contribution is -0.736. The Morgan fingerprint density at radius 2 is 1.78 bits per heavy atom. The largest absolute Gasteiger partial charge is 0.489 e. The lowest BCUT2D eigenvalue weighted by atomic mass is 9.94. The minimum absolute atomic E-state index is 0.123. The van der Waals surface area contributed by atoms with Gasteiger partial charge in [0, 0.05) is 24.6 Å². The minimum atomic E-state index is -0.964. The smallest absolute Gasteiger partial charge is 0.317 e. The highest BCUT2D eigenvalue weighted by atomic mass is 19.1. The first-order valence-corrected chi connectivity index (χ1v) is 10.1. The Labute approximate surface area is 185 Å². The van der Waals surface area contributed by atoms with Crippen LogP contribution in [0.3, 0.4) is 0 Å². The van der Waals surface area contributed by atoms with Crippen molar-refractivity contribution in [1.29, 1.82) is 0 Å². The molecule has 3 aromatic rings. The van der Waals surface area contributed by atoms with Gasteiger partial charge in [-0.1, -0.05) is 24.3 Å². The monoisotopic (exact) mass is 438 g/mol. The van der Waals surface area contributed by atoms with Gasteiger partial charge in [0.1, 0.15) is 18.2 Å². The number of halogens is 1. The lowest BCUT2D eigenvalue weighted by Gasteiger charge is -2.12. The molecular weight excluding hydrogens is 413 g/mol. The predicted octanol–water partition coefficient (Wildman–Crippen LogP) is 5.68. The van der Waals surface area contributed by atoms with E-state index < -0.39 is 11.8 Å². The summed E-state index contributed by atoms with van der Waals surface area (Å²) in [4.78, 5) is 27.7. The summed E-state index contributed by atoms with van der Waals surface area (Å²) in [5, 5.41) is 8.75. The third-order valence-electron chi connectivity index (χ3n) is 5.15. The molecule has 0 amide bonds. The number of aliphatic carboxylic acids is 1. The summed E-state index contributed by atoms with van der Waals surface area (Å²) in [5.74, 6) is -1.07. The van der Waals surface area contributed by atoms with Gasteiger partial charge < -0.3 is 9.84 Å². The molecule has 0 aliphatic rings. The number of hydrogen-bond acceptors (Lipinski definition) is 4. The zero-order valence-corrected chi connectivity index (χ0v) is 18.2. The Balaban J connectivity index is 1.76. The molecule has 0 spiro atoms. The average molecular weight is 438 g/mol. The number of nitrogens with zero attached hydrogens (tertiary/aromatic N) is 1. The molecule has 0 heterocycles. The number of rotatable bonds is 9. The van der Waals surface area contributed by atoms with Gasteiger partial charge in [-0.05, 0) is 65.8 Å². The van der Waals surface area contributed by atoms with E-state index in [1.54, 1.807) is 24.3 Å². The molecule has 0 aliphatic heterocycles. The molecule has 0 atom stereocenters. The molecule has 3 aromatic carbocycles. The van der Waals surface area contributed by atoms with E-state index in [4.69, 9.17) is 14.7 Å². The molecule has 32 heavy (non-hydrogen) atoms. The topological polar surface area (TPSA) is 75.8 Å². The van der Waals surface area contributed by atoms with Crippen LogP contribution in [0.1, 0.15) is 28.7 Å². The van der Waals surface area contributed by atoms with Gasteiger partial charge in [0.05, 0.1) is 4.91 Å². The highest BCUT2D eigenvalue weighted by molar-refractivity contribution is 5.73. The Kier molecular flexibility index (Phi) is 7.20. The van der Waals surface area contributed by atoms with Crippen LogP contribution in [0, 0.1) is 24.6 Å². The number of carboxylic acid groups (broad SMARTS) is 1. The number of carbonyl (C=O) groups is 1. The van der Waals surface area contributed by atoms with E-state index in [2.05, 4.69) is 0 Å². The molecule has 3 rings (SSSR count). The second-order valence-corrected chi connectivity index (χ2v) is 7.53. The summed E-state index contributed by atoms with van der Waals surface area (Å²) in [5.41, 5.74) is 5.57. The first kappa shape index (κ1) is 22.9. The van der Waals surface area contributed by atoms with Crippen LogP contribution in [0.15, 0.2) is 54.6 Å². The highest BCUT2D eigenvalue weighted by Gasteiger charge is 2.18. The summed E-state index contributed by atoms with van der Waals surface area (Å²) in [6.45, 7) is 4.12. The molecule has 1 N–H and O–H groups in total. The molecule has 166 valence electrons. The number of benzene rings is 3. The average Bonchev–Trinajstić information content (AvgIpc) is 2.76. The van der Waals surface area contributed by atoms with E-state index >= 15 is 0 Å². The SMILES string of the molecule is CO[N+](=O)c1cc(C)c(-c2cccc(COc3ccc(CCC(=O)O)c(F)c3)c2)c(C)c1. The van der Waals surface area contributed by atoms with Gasteiger partial charge in [-0.25, -0.2) is 9.23 Å². The van der Waals surface area contributed by atoms with Crippen molar-refractivity contribution in [2.75, 3.05) is 7.11 Å². The zero-order valence-electron chi connectivity index (χ0n) is 18.2. The van der Waals surface area contributed by atoms with Crippen LogP contribution >= 0.6 is 0 Å². The lowest BCUT2D eigenvalue weighted by Crippen LogP contribution is -2.01. The zero-order chi connectivity index (χ0) is 23.3. The van der Waals surface area contributed by atoms with Gasteiger partial charge in [-0.15, -0.1) is 0 Å². The van der Waals surface area contributed by atoms with Gasteiger partial charge >= 0.3 is 11.7 Å². The Hall–Kier alpha value is -3.74. The molecule has 0 saturated carbocycles. The fraction of sp³-hybridized carbons (Fsp3) is 0.240. The van der Waals surface area contributed by atoms with Gasteiger partial charge in [0.25, 0.3) is 4.92 Å². The van der Waals surface area contributed by atoms with E-state index in [0.29, 0.717) is 21.9 Å². The summed E-state index contributed by atoms with van der Waals surface area (Å²) < 4.78 is 20.0. The van der Waals surface area contributed by atoms with Crippen LogP contribution in [0.4, 0.5) is 10.1 Å². The van der Waals surface area contributed by atoms with Crippen molar-refractivity contribution in [1.82, 2.24) is 0 Å². The van der Waals surface area contributed by atoms with Crippen molar-refractivity contribution in [3.63, 3.8) is 0 Å². The molecule has 7 heteroatoms.